The summed E-state index contributed by atoms with van der Waals surface area (Å²) in [6.07, 6.45) is 2.30. The lowest BCUT2D eigenvalue weighted by atomic mass is 10.2. The van der Waals surface area contributed by atoms with Crippen LogP contribution in [0.1, 0.15) is 40.5 Å². The number of tetrazole rings is 1. The van der Waals surface area contributed by atoms with Gasteiger partial charge in [-0.2, -0.15) is 0 Å². The van der Waals surface area contributed by atoms with E-state index >= 15 is 0 Å². The summed E-state index contributed by atoms with van der Waals surface area (Å²) in [6.45, 7) is 11.6. The minimum Gasteiger partial charge on any atom is -0.315 e. The molecule has 0 bridgehead atoms. The van der Waals surface area contributed by atoms with Crippen LogP contribution in [0.3, 0.4) is 0 Å². The summed E-state index contributed by atoms with van der Waals surface area (Å²) >= 11 is 1.79. The molecule has 0 aliphatic heterocycles. The van der Waals surface area contributed by atoms with Crippen LogP contribution in [0.15, 0.2) is 5.16 Å². The summed E-state index contributed by atoms with van der Waals surface area (Å²) in [7, 11) is 0. The van der Waals surface area contributed by atoms with Crippen LogP contribution in [0.25, 0.3) is 0 Å². The zero-order chi connectivity index (χ0) is 13.4. The van der Waals surface area contributed by atoms with E-state index < -0.39 is 0 Å². The average Bonchev–Trinajstić information content (AvgIpc) is 2.78. The van der Waals surface area contributed by atoms with E-state index in [2.05, 4.69) is 48.5 Å². The van der Waals surface area contributed by atoms with Crippen molar-refractivity contribution in [3.8, 4) is 0 Å². The molecule has 1 heterocycles. The van der Waals surface area contributed by atoms with Gasteiger partial charge in [0.2, 0.25) is 5.16 Å². The first kappa shape index (κ1) is 15.4. The molecule has 0 saturated heterocycles. The minimum absolute atomic E-state index is 0.610. The van der Waals surface area contributed by atoms with Gasteiger partial charge in [-0.05, 0) is 35.7 Å². The largest absolute Gasteiger partial charge is 0.315 e. The Hall–Kier alpha value is -0.620. The molecule has 0 spiro atoms. The lowest BCUT2D eigenvalue weighted by Gasteiger charge is -2.11. The highest BCUT2D eigenvalue weighted by Crippen LogP contribution is 2.24. The predicted octanol–water partition coefficient (Wildman–Crippen LogP) is 2.20. The second kappa shape index (κ2) is 8.48. The smallest absolute Gasteiger partial charge is 0.209 e. The fourth-order valence-corrected chi connectivity index (χ4v) is 2.57. The van der Waals surface area contributed by atoms with Crippen molar-refractivity contribution < 1.29 is 0 Å². The molecule has 0 saturated carbocycles. The minimum atomic E-state index is 0.610. The lowest BCUT2D eigenvalue weighted by Crippen LogP contribution is -2.24. The standard InChI is InChI=1S/C12H25N5S/c1-5-11(6-2)18-12-14-15-16-17(12)8-7-13-9-10(3)4/h10-11,13H,5-9H2,1-4H3. The van der Waals surface area contributed by atoms with Crippen molar-refractivity contribution in [2.24, 2.45) is 5.92 Å². The van der Waals surface area contributed by atoms with Crippen LogP contribution in [0.4, 0.5) is 0 Å². The van der Waals surface area contributed by atoms with Crippen molar-refractivity contribution in [3.63, 3.8) is 0 Å². The molecule has 1 aromatic heterocycles. The van der Waals surface area contributed by atoms with E-state index in [0.29, 0.717) is 11.2 Å². The summed E-state index contributed by atoms with van der Waals surface area (Å²) < 4.78 is 1.90. The second-order valence-electron chi connectivity index (χ2n) is 4.84. The van der Waals surface area contributed by atoms with Crippen LogP contribution >= 0.6 is 11.8 Å². The van der Waals surface area contributed by atoms with Gasteiger partial charge in [-0.3, -0.25) is 0 Å². The third-order valence-electron chi connectivity index (χ3n) is 2.73. The molecular formula is C12H25N5S. The Morgan fingerprint density at radius 3 is 2.61 bits per heavy atom. The molecule has 5 nitrogen and oxygen atoms in total. The van der Waals surface area contributed by atoms with Gasteiger partial charge in [-0.25, -0.2) is 4.68 Å². The van der Waals surface area contributed by atoms with Crippen molar-refractivity contribution in [3.05, 3.63) is 0 Å². The molecule has 0 atom stereocenters. The van der Waals surface area contributed by atoms with E-state index in [9.17, 15) is 0 Å². The molecule has 0 radical (unpaired) electrons. The highest BCUT2D eigenvalue weighted by atomic mass is 32.2. The Morgan fingerprint density at radius 1 is 1.28 bits per heavy atom. The van der Waals surface area contributed by atoms with Crippen molar-refractivity contribution in [1.29, 1.82) is 0 Å². The third-order valence-corrected chi connectivity index (χ3v) is 4.24. The number of hydrogen-bond donors (Lipinski definition) is 1. The zero-order valence-electron chi connectivity index (χ0n) is 11.9. The van der Waals surface area contributed by atoms with E-state index in [1.54, 1.807) is 11.8 Å². The first-order chi connectivity index (χ1) is 8.67. The van der Waals surface area contributed by atoms with Crippen molar-refractivity contribution in [2.75, 3.05) is 13.1 Å². The van der Waals surface area contributed by atoms with E-state index in [0.717, 1.165) is 37.6 Å². The topological polar surface area (TPSA) is 55.6 Å². The molecule has 0 aliphatic rings. The molecule has 0 aliphatic carbocycles. The number of nitrogens with zero attached hydrogens (tertiary/aromatic N) is 4. The van der Waals surface area contributed by atoms with E-state index in [1.807, 2.05) is 4.68 Å². The van der Waals surface area contributed by atoms with Gasteiger partial charge in [0.15, 0.2) is 0 Å². The van der Waals surface area contributed by atoms with Crippen LogP contribution in [0.5, 0.6) is 0 Å². The molecule has 18 heavy (non-hydrogen) atoms. The fraction of sp³-hybridized carbons (Fsp3) is 0.917. The quantitative estimate of drug-likeness (QED) is 0.551. The van der Waals surface area contributed by atoms with E-state index in [4.69, 9.17) is 0 Å². The summed E-state index contributed by atoms with van der Waals surface area (Å²) in [5, 5.41) is 16.9. The van der Waals surface area contributed by atoms with Crippen LogP contribution in [0.2, 0.25) is 0 Å². The first-order valence-corrected chi connectivity index (χ1v) is 7.68. The first-order valence-electron chi connectivity index (χ1n) is 6.80. The summed E-state index contributed by atoms with van der Waals surface area (Å²) in [5.41, 5.74) is 0. The highest BCUT2D eigenvalue weighted by Gasteiger charge is 2.12. The number of aromatic nitrogens is 4. The van der Waals surface area contributed by atoms with Gasteiger partial charge in [-0.15, -0.1) is 5.10 Å². The second-order valence-corrected chi connectivity index (χ2v) is 6.11. The maximum atomic E-state index is 4.10. The SMILES string of the molecule is CCC(CC)Sc1nnnn1CCNCC(C)C. The Bertz CT molecular complexity index is 322. The van der Waals surface area contributed by atoms with Crippen molar-refractivity contribution >= 4 is 11.8 Å². The molecule has 6 heteroatoms. The van der Waals surface area contributed by atoms with Crippen LogP contribution in [-0.4, -0.2) is 38.5 Å². The average molecular weight is 271 g/mol. The maximum Gasteiger partial charge on any atom is 0.209 e. The van der Waals surface area contributed by atoms with Crippen LogP contribution < -0.4 is 5.32 Å². The summed E-state index contributed by atoms with van der Waals surface area (Å²) in [5.74, 6) is 0.678. The Labute approximate surface area is 114 Å². The van der Waals surface area contributed by atoms with Crippen molar-refractivity contribution in [1.82, 2.24) is 25.5 Å². The van der Waals surface area contributed by atoms with Gasteiger partial charge in [0.1, 0.15) is 0 Å². The van der Waals surface area contributed by atoms with E-state index in [1.165, 1.54) is 0 Å². The highest BCUT2D eigenvalue weighted by molar-refractivity contribution is 7.99. The monoisotopic (exact) mass is 271 g/mol. The normalized spacial score (nSPS) is 11.7. The lowest BCUT2D eigenvalue weighted by molar-refractivity contribution is 0.481. The van der Waals surface area contributed by atoms with Gasteiger partial charge in [-0.1, -0.05) is 39.5 Å². The number of hydrogen-bond acceptors (Lipinski definition) is 5. The van der Waals surface area contributed by atoms with E-state index in [-0.39, 0.29) is 0 Å². The van der Waals surface area contributed by atoms with Gasteiger partial charge in [0.25, 0.3) is 0 Å². The molecule has 0 amide bonds. The molecule has 0 fully saturated rings. The molecular weight excluding hydrogens is 246 g/mol. The van der Waals surface area contributed by atoms with Gasteiger partial charge in [0, 0.05) is 11.8 Å². The molecule has 0 unspecified atom stereocenters. The van der Waals surface area contributed by atoms with Crippen LogP contribution in [0, 0.1) is 5.92 Å². The molecule has 0 aromatic carbocycles. The van der Waals surface area contributed by atoms with Gasteiger partial charge >= 0.3 is 0 Å². The summed E-state index contributed by atoms with van der Waals surface area (Å²) in [4.78, 5) is 0. The summed E-state index contributed by atoms with van der Waals surface area (Å²) in [6, 6.07) is 0. The van der Waals surface area contributed by atoms with Gasteiger partial charge in [0.05, 0.1) is 6.54 Å². The number of rotatable bonds is 9. The van der Waals surface area contributed by atoms with Gasteiger partial charge < -0.3 is 5.32 Å². The third kappa shape index (κ3) is 5.35. The predicted molar refractivity (Wildman–Crippen MR) is 75.8 cm³/mol. The fourth-order valence-electron chi connectivity index (χ4n) is 1.60. The molecule has 1 rings (SSSR count). The number of thioether (sulfide) groups is 1. The molecule has 1 aromatic rings. The van der Waals surface area contributed by atoms with Crippen molar-refractivity contribution in [2.45, 2.75) is 57.5 Å². The zero-order valence-corrected chi connectivity index (χ0v) is 12.7. The Morgan fingerprint density at radius 2 is 2.00 bits per heavy atom. The molecule has 1 N–H and O–H groups in total. The van der Waals surface area contributed by atoms with Crippen LogP contribution in [-0.2, 0) is 6.54 Å². The Balaban J connectivity index is 2.39. The maximum absolute atomic E-state index is 4.10. The molecule has 104 valence electrons. The number of nitrogens with one attached hydrogen (secondary N) is 1. The Kier molecular flexibility index (Phi) is 7.27.